The van der Waals surface area contributed by atoms with Crippen molar-refractivity contribution in [3.05, 3.63) is 65.0 Å². The van der Waals surface area contributed by atoms with Crippen molar-refractivity contribution in [1.29, 1.82) is 0 Å². The van der Waals surface area contributed by atoms with E-state index in [-0.39, 0.29) is 30.4 Å². The molecular formula is C18H17N7O3. The van der Waals surface area contributed by atoms with Crippen LogP contribution in [0.4, 0.5) is 0 Å². The van der Waals surface area contributed by atoms with Crippen LogP contribution in [0, 0.1) is 0 Å². The van der Waals surface area contributed by atoms with Gasteiger partial charge in [0.1, 0.15) is 11.4 Å². The Morgan fingerprint density at radius 1 is 1.29 bits per heavy atom. The summed E-state index contributed by atoms with van der Waals surface area (Å²) in [5.41, 5.74) is 1.16. The molecule has 0 atom stereocenters. The highest BCUT2D eigenvalue weighted by atomic mass is 16.3. The molecule has 1 amide bonds. The number of rotatable bonds is 6. The highest BCUT2D eigenvalue weighted by molar-refractivity contribution is 5.93. The largest absolute Gasteiger partial charge is 0.463 e. The van der Waals surface area contributed by atoms with Gasteiger partial charge in [-0.2, -0.15) is 5.10 Å². The van der Waals surface area contributed by atoms with Crippen molar-refractivity contribution in [1.82, 2.24) is 34.8 Å². The number of amides is 1. The molecule has 0 spiro atoms. The Hall–Kier alpha value is -3.95. The van der Waals surface area contributed by atoms with Gasteiger partial charge in [0.2, 0.25) is 0 Å². The highest BCUT2D eigenvalue weighted by Crippen LogP contribution is 2.17. The van der Waals surface area contributed by atoms with E-state index < -0.39 is 0 Å². The number of hydrogen-bond acceptors (Lipinski definition) is 6. The normalized spacial score (nSPS) is 10.9. The zero-order chi connectivity index (χ0) is 19.5. The summed E-state index contributed by atoms with van der Waals surface area (Å²) in [7, 11) is 1.63. The molecule has 142 valence electrons. The van der Waals surface area contributed by atoms with Crippen molar-refractivity contribution in [2.24, 2.45) is 7.05 Å². The topological polar surface area (TPSA) is 124 Å². The van der Waals surface area contributed by atoms with Gasteiger partial charge >= 0.3 is 5.69 Å². The molecule has 0 aliphatic carbocycles. The lowest BCUT2D eigenvalue weighted by Gasteiger charge is -2.02. The van der Waals surface area contributed by atoms with E-state index in [1.165, 1.54) is 9.25 Å². The van der Waals surface area contributed by atoms with Gasteiger partial charge in [0, 0.05) is 25.9 Å². The summed E-state index contributed by atoms with van der Waals surface area (Å²) >= 11 is 0. The summed E-state index contributed by atoms with van der Waals surface area (Å²) in [4.78, 5) is 28.8. The van der Waals surface area contributed by atoms with Gasteiger partial charge in [0.05, 0.1) is 12.8 Å². The van der Waals surface area contributed by atoms with E-state index in [2.05, 4.69) is 25.6 Å². The van der Waals surface area contributed by atoms with Gasteiger partial charge in [-0.1, -0.05) is 6.07 Å². The Labute approximate surface area is 158 Å². The quantitative estimate of drug-likeness (QED) is 0.516. The average Bonchev–Trinajstić information content (AvgIpc) is 3.45. The number of carbonyl (C=O) groups excluding carboxylic acids is 1. The van der Waals surface area contributed by atoms with Crippen molar-refractivity contribution in [3.8, 4) is 23.0 Å². The zero-order valence-corrected chi connectivity index (χ0v) is 15.0. The first-order valence-electron chi connectivity index (χ1n) is 8.56. The van der Waals surface area contributed by atoms with Crippen LogP contribution >= 0.6 is 0 Å². The summed E-state index contributed by atoms with van der Waals surface area (Å²) in [6.45, 7) is 0.446. The monoisotopic (exact) mass is 379 g/mol. The first-order valence-corrected chi connectivity index (χ1v) is 8.56. The molecule has 0 aliphatic rings. The molecule has 2 N–H and O–H groups in total. The molecule has 0 saturated heterocycles. The third-order valence-corrected chi connectivity index (χ3v) is 4.14. The van der Waals surface area contributed by atoms with Crippen molar-refractivity contribution in [2.45, 2.75) is 6.54 Å². The van der Waals surface area contributed by atoms with Crippen LogP contribution in [0.2, 0.25) is 0 Å². The van der Waals surface area contributed by atoms with Crippen LogP contribution in [-0.4, -0.2) is 42.0 Å². The Morgan fingerprint density at radius 2 is 2.18 bits per heavy atom. The van der Waals surface area contributed by atoms with Gasteiger partial charge in [-0.05, 0) is 24.3 Å². The smallest absolute Gasteiger partial charge is 0.346 e. The van der Waals surface area contributed by atoms with E-state index in [1.807, 2.05) is 6.07 Å². The molecule has 4 heterocycles. The molecule has 0 aromatic carbocycles. The fourth-order valence-electron chi connectivity index (χ4n) is 2.71. The fourth-order valence-corrected chi connectivity index (χ4v) is 2.71. The maximum atomic E-state index is 12.3. The van der Waals surface area contributed by atoms with Crippen LogP contribution in [0.5, 0.6) is 0 Å². The number of carbonyl (C=O) groups is 1. The molecule has 0 radical (unpaired) electrons. The van der Waals surface area contributed by atoms with Gasteiger partial charge in [-0.15, -0.1) is 5.10 Å². The molecule has 0 aliphatic heterocycles. The summed E-state index contributed by atoms with van der Waals surface area (Å²) in [6.07, 6.45) is 3.18. The van der Waals surface area contributed by atoms with Crippen LogP contribution in [0.15, 0.2) is 58.1 Å². The molecule has 0 bridgehead atoms. The molecule has 10 nitrogen and oxygen atoms in total. The molecular weight excluding hydrogens is 362 g/mol. The molecule has 4 aromatic rings. The molecule has 4 aromatic heterocycles. The Bertz CT molecular complexity index is 1140. The second-order valence-electron chi connectivity index (χ2n) is 6.00. The standard InChI is InChI=1S/C18H17N7O3/c1-24-16(12-5-2-3-7-19-12)23-25(18(24)27)9-8-20-17(26)14-11-13(21-22-14)15-6-4-10-28-15/h2-7,10-11H,8-9H2,1H3,(H,20,26)(H,21,22). The SMILES string of the molecule is Cn1c(-c2ccccn2)nn(CCNC(=O)c2cc(-c3ccco3)[nH]n2)c1=O. The van der Waals surface area contributed by atoms with Crippen molar-refractivity contribution in [3.63, 3.8) is 0 Å². The van der Waals surface area contributed by atoms with Crippen LogP contribution in [0.3, 0.4) is 0 Å². The number of nitrogens with one attached hydrogen (secondary N) is 2. The maximum Gasteiger partial charge on any atom is 0.346 e. The van der Waals surface area contributed by atoms with Crippen molar-refractivity contribution >= 4 is 5.91 Å². The lowest BCUT2D eigenvalue weighted by molar-refractivity contribution is 0.0947. The lowest BCUT2D eigenvalue weighted by Crippen LogP contribution is -2.31. The van der Waals surface area contributed by atoms with Crippen LogP contribution in [-0.2, 0) is 13.6 Å². The number of aromatic nitrogens is 6. The second kappa shape index (κ2) is 7.35. The highest BCUT2D eigenvalue weighted by Gasteiger charge is 2.15. The predicted molar refractivity (Wildman–Crippen MR) is 99.3 cm³/mol. The predicted octanol–water partition coefficient (Wildman–Crippen LogP) is 1.06. The molecule has 4 rings (SSSR count). The minimum Gasteiger partial charge on any atom is -0.463 e. The number of furan rings is 1. The molecule has 28 heavy (non-hydrogen) atoms. The van der Waals surface area contributed by atoms with Crippen LogP contribution in [0.25, 0.3) is 23.0 Å². The Morgan fingerprint density at radius 3 is 2.93 bits per heavy atom. The van der Waals surface area contributed by atoms with Crippen LogP contribution < -0.4 is 11.0 Å². The second-order valence-corrected chi connectivity index (χ2v) is 6.00. The number of H-pyrrole nitrogens is 1. The summed E-state index contributed by atoms with van der Waals surface area (Å²) in [6, 6.07) is 10.5. The van der Waals surface area contributed by atoms with Gasteiger partial charge in [-0.3, -0.25) is 19.4 Å². The van der Waals surface area contributed by atoms with Gasteiger partial charge < -0.3 is 9.73 Å². The number of pyridine rings is 1. The number of nitrogens with zero attached hydrogens (tertiary/aromatic N) is 5. The van der Waals surface area contributed by atoms with Crippen molar-refractivity contribution < 1.29 is 9.21 Å². The molecule has 0 fully saturated rings. The summed E-state index contributed by atoms with van der Waals surface area (Å²) in [5.74, 6) is 0.698. The fraction of sp³-hybridized carbons (Fsp3) is 0.167. The average molecular weight is 379 g/mol. The van der Waals surface area contributed by atoms with E-state index >= 15 is 0 Å². The van der Waals surface area contributed by atoms with Crippen LogP contribution in [0.1, 0.15) is 10.5 Å². The third-order valence-electron chi connectivity index (χ3n) is 4.14. The third kappa shape index (κ3) is 3.34. The first kappa shape index (κ1) is 17.5. The van der Waals surface area contributed by atoms with Gasteiger partial charge in [0.25, 0.3) is 5.91 Å². The van der Waals surface area contributed by atoms with Crippen molar-refractivity contribution in [2.75, 3.05) is 6.54 Å². The van der Waals surface area contributed by atoms with E-state index in [4.69, 9.17) is 4.42 Å². The van der Waals surface area contributed by atoms with Gasteiger partial charge in [-0.25, -0.2) is 9.48 Å². The molecule has 0 unspecified atom stereocenters. The van der Waals surface area contributed by atoms with Gasteiger partial charge in [0.15, 0.2) is 17.3 Å². The number of aromatic amines is 1. The number of hydrogen-bond donors (Lipinski definition) is 2. The lowest BCUT2D eigenvalue weighted by atomic mass is 10.3. The first-order chi connectivity index (χ1) is 13.6. The minimum atomic E-state index is -0.358. The van der Waals surface area contributed by atoms with E-state index in [0.29, 0.717) is 23.0 Å². The minimum absolute atomic E-state index is 0.223. The van der Waals surface area contributed by atoms with E-state index in [0.717, 1.165) is 0 Å². The van der Waals surface area contributed by atoms with E-state index in [1.54, 1.807) is 49.8 Å². The Kier molecular flexibility index (Phi) is 4.58. The Balaban J connectivity index is 1.40. The maximum absolute atomic E-state index is 12.3. The zero-order valence-electron chi connectivity index (χ0n) is 15.0. The molecule has 0 saturated carbocycles. The summed E-state index contributed by atoms with van der Waals surface area (Å²) < 4.78 is 7.98. The molecule has 10 heteroatoms. The van der Waals surface area contributed by atoms with E-state index in [9.17, 15) is 9.59 Å². The summed E-state index contributed by atoms with van der Waals surface area (Å²) in [5, 5.41) is 13.8.